The second-order valence-electron chi connectivity index (χ2n) is 3.55. The lowest BCUT2D eigenvalue weighted by molar-refractivity contribution is 0.783. The third-order valence-electron chi connectivity index (χ3n) is 2.52. The van der Waals surface area contributed by atoms with Crippen molar-refractivity contribution in [3.63, 3.8) is 0 Å². The molecular formula is C12H10N6. The van der Waals surface area contributed by atoms with Gasteiger partial charge in [-0.15, -0.1) is 0 Å². The van der Waals surface area contributed by atoms with Crippen molar-refractivity contribution >= 4 is 5.82 Å². The van der Waals surface area contributed by atoms with Gasteiger partial charge in [0.25, 0.3) is 0 Å². The number of anilines is 1. The lowest BCUT2D eigenvalue weighted by Crippen LogP contribution is -2.05. The maximum absolute atomic E-state index is 9.03. The van der Waals surface area contributed by atoms with Crippen LogP contribution >= 0.6 is 0 Å². The van der Waals surface area contributed by atoms with E-state index in [1.165, 1.54) is 6.33 Å². The predicted molar refractivity (Wildman–Crippen MR) is 64.5 cm³/mol. The highest BCUT2D eigenvalue weighted by Crippen LogP contribution is 2.14. The summed E-state index contributed by atoms with van der Waals surface area (Å²) in [5, 5.41) is 20.8. The van der Waals surface area contributed by atoms with Gasteiger partial charge in [-0.3, -0.25) is 0 Å². The molecule has 0 aliphatic rings. The van der Waals surface area contributed by atoms with E-state index in [2.05, 4.69) is 15.3 Å². The minimum absolute atomic E-state index is 0.146. The highest BCUT2D eigenvalue weighted by atomic mass is 15.1. The number of pyridine rings is 1. The summed E-state index contributed by atoms with van der Waals surface area (Å²) in [6, 6.07) is 7.62. The molecule has 0 aromatic carbocycles. The summed E-state index contributed by atoms with van der Waals surface area (Å²) in [5.74, 6) is 0.744. The molecule has 0 unspecified atom stereocenters. The van der Waals surface area contributed by atoms with E-state index in [4.69, 9.17) is 10.5 Å². The Balaban J connectivity index is 2.38. The number of nitrogens with zero attached hydrogens (tertiary/aromatic N) is 5. The van der Waals surface area contributed by atoms with E-state index in [9.17, 15) is 0 Å². The molecule has 0 bridgehead atoms. The van der Waals surface area contributed by atoms with E-state index in [1.807, 2.05) is 24.3 Å². The number of hydrogen-bond acceptors (Lipinski definition) is 5. The van der Waals surface area contributed by atoms with Crippen LogP contribution in [0.1, 0.15) is 17.0 Å². The van der Waals surface area contributed by atoms with Gasteiger partial charge >= 0.3 is 0 Å². The van der Waals surface area contributed by atoms with Crippen molar-refractivity contribution in [2.75, 3.05) is 12.4 Å². The van der Waals surface area contributed by atoms with Crippen molar-refractivity contribution < 1.29 is 0 Å². The van der Waals surface area contributed by atoms with Gasteiger partial charge < -0.3 is 9.88 Å². The van der Waals surface area contributed by atoms with Crippen LogP contribution in [-0.2, 0) is 6.54 Å². The SMILES string of the molecule is CNc1ncccc1Cn1cnc(C#N)c1C#N. The molecule has 1 N–H and O–H groups in total. The van der Waals surface area contributed by atoms with E-state index in [-0.39, 0.29) is 11.4 Å². The van der Waals surface area contributed by atoms with Crippen LogP contribution in [0.2, 0.25) is 0 Å². The first kappa shape index (κ1) is 11.6. The normalized spacial score (nSPS) is 9.50. The molecule has 0 saturated heterocycles. The molecule has 6 nitrogen and oxygen atoms in total. The summed E-state index contributed by atoms with van der Waals surface area (Å²) in [6.07, 6.45) is 3.18. The van der Waals surface area contributed by atoms with Crippen molar-refractivity contribution in [2.24, 2.45) is 0 Å². The Labute approximate surface area is 104 Å². The van der Waals surface area contributed by atoms with Gasteiger partial charge in [0.2, 0.25) is 0 Å². The standard InChI is InChI=1S/C12H10N6/c1-15-12-9(3-2-4-16-12)7-18-8-17-10(5-13)11(18)6-14/h2-4,8H,7H2,1H3,(H,15,16). The van der Waals surface area contributed by atoms with Gasteiger partial charge in [0, 0.05) is 18.8 Å². The zero-order chi connectivity index (χ0) is 13.0. The summed E-state index contributed by atoms with van der Waals surface area (Å²) in [6.45, 7) is 0.446. The van der Waals surface area contributed by atoms with Crippen LogP contribution < -0.4 is 5.32 Å². The molecule has 0 spiro atoms. The molecule has 0 radical (unpaired) electrons. The second-order valence-corrected chi connectivity index (χ2v) is 3.55. The van der Waals surface area contributed by atoms with Crippen LogP contribution in [0.3, 0.4) is 0 Å². The molecule has 2 heterocycles. The third kappa shape index (κ3) is 2.00. The van der Waals surface area contributed by atoms with Crippen LogP contribution in [0.15, 0.2) is 24.7 Å². The van der Waals surface area contributed by atoms with Crippen LogP contribution in [0, 0.1) is 22.7 Å². The lowest BCUT2D eigenvalue weighted by atomic mass is 10.2. The minimum atomic E-state index is 0.146. The highest BCUT2D eigenvalue weighted by Gasteiger charge is 2.11. The molecule has 0 saturated carbocycles. The molecule has 0 aliphatic heterocycles. The molecule has 0 fully saturated rings. The zero-order valence-corrected chi connectivity index (χ0v) is 9.75. The summed E-state index contributed by atoms with van der Waals surface area (Å²) >= 11 is 0. The first-order chi connectivity index (χ1) is 8.80. The van der Waals surface area contributed by atoms with Crippen LogP contribution in [0.4, 0.5) is 5.82 Å². The molecule has 0 atom stereocenters. The Morgan fingerprint density at radius 1 is 1.33 bits per heavy atom. The fourth-order valence-corrected chi connectivity index (χ4v) is 1.68. The number of rotatable bonds is 3. The van der Waals surface area contributed by atoms with E-state index in [0.29, 0.717) is 6.54 Å². The van der Waals surface area contributed by atoms with Gasteiger partial charge in [0.05, 0.1) is 12.9 Å². The number of hydrogen-bond donors (Lipinski definition) is 1. The van der Waals surface area contributed by atoms with E-state index >= 15 is 0 Å². The smallest absolute Gasteiger partial charge is 0.176 e. The maximum atomic E-state index is 9.03. The molecule has 6 heteroatoms. The van der Waals surface area contributed by atoms with E-state index < -0.39 is 0 Å². The van der Waals surface area contributed by atoms with Gasteiger partial charge in [-0.1, -0.05) is 6.07 Å². The fraction of sp³-hybridized carbons (Fsp3) is 0.167. The van der Waals surface area contributed by atoms with E-state index in [0.717, 1.165) is 11.4 Å². The molecular weight excluding hydrogens is 228 g/mol. The van der Waals surface area contributed by atoms with Gasteiger partial charge in [-0.25, -0.2) is 9.97 Å². The summed E-state index contributed by atoms with van der Waals surface area (Å²) in [4.78, 5) is 8.08. The average molecular weight is 238 g/mol. The van der Waals surface area contributed by atoms with Gasteiger partial charge in [0.1, 0.15) is 18.0 Å². The number of nitriles is 2. The number of imidazole rings is 1. The van der Waals surface area contributed by atoms with Crippen molar-refractivity contribution in [1.82, 2.24) is 14.5 Å². The maximum Gasteiger partial charge on any atom is 0.176 e. The molecule has 2 rings (SSSR count). The Morgan fingerprint density at radius 3 is 2.83 bits per heavy atom. The fourth-order valence-electron chi connectivity index (χ4n) is 1.68. The quantitative estimate of drug-likeness (QED) is 0.865. The zero-order valence-electron chi connectivity index (χ0n) is 9.75. The van der Waals surface area contributed by atoms with Crippen molar-refractivity contribution in [3.05, 3.63) is 41.6 Å². The Hall–Kier alpha value is -2.86. The van der Waals surface area contributed by atoms with Crippen LogP contribution in [0.25, 0.3) is 0 Å². The van der Waals surface area contributed by atoms with Gasteiger partial charge in [-0.05, 0) is 6.07 Å². The number of nitrogens with one attached hydrogen (secondary N) is 1. The molecule has 0 aliphatic carbocycles. The minimum Gasteiger partial charge on any atom is -0.373 e. The Bertz CT molecular complexity index is 643. The molecule has 2 aromatic rings. The molecule has 88 valence electrons. The first-order valence-electron chi connectivity index (χ1n) is 5.27. The largest absolute Gasteiger partial charge is 0.373 e. The molecule has 18 heavy (non-hydrogen) atoms. The van der Waals surface area contributed by atoms with Crippen molar-refractivity contribution in [1.29, 1.82) is 10.5 Å². The van der Waals surface area contributed by atoms with Crippen molar-refractivity contribution in [3.8, 4) is 12.1 Å². The van der Waals surface area contributed by atoms with Crippen LogP contribution in [0.5, 0.6) is 0 Å². The highest BCUT2D eigenvalue weighted by molar-refractivity contribution is 5.44. The molecule has 2 aromatic heterocycles. The monoisotopic (exact) mass is 238 g/mol. The first-order valence-corrected chi connectivity index (χ1v) is 5.27. The van der Waals surface area contributed by atoms with Crippen molar-refractivity contribution in [2.45, 2.75) is 6.54 Å². The van der Waals surface area contributed by atoms with Gasteiger partial charge in [0.15, 0.2) is 11.4 Å². The Morgan fingerprint density at radius 2 is 2.17 bits per heavy atom. The summed E-state index contributed by atoms with van der Waals surface area (Å²) in [7, 11) is 1.78. The second kappa shape index (κ2) is 4.98. The summed E-state index contributed by atoms with van der Waals surface area (Å²) in [5.41, 5.74) is 1.34. The van der Waals surface area contributed by atoms with Gasteiger partial charge in [-0.2, -0.15) is 10.5 Å². The topological polar surface area (TPSA) is 90.3 Å². The van der Waals surface area contributed by atoms with Crippen LogP contribution in [-0.4, -0.2) is 21.6 Å². The summed E-state index contributed by atoms with van der Waals surface area (Å²) < 4.78 is 1.64. The predicted octanol–water partition coefficient (Wildman–Crippen LogP) is 1.11. The third-order valence-corrected chi connectivity index (χ3v) is 2.52. The lowest BCUT2D eigenvalue weighted by Gasteiger charge is -2.08. The molecule has 0 amide bonds. The van der Waals surface area contributed by atoms with E-state index in [1.54, 1.807) is 17.8 Å². The Kier molecular flexibility index (Phi) is 3.22. The average Bonchev–Trinajstić information content (AvgIpc) is 2.81. The number of aromatic nitrogens is 3.